The van der Waals surface area contributed by atoms with Crippen molar-refractivity contribution >= 4 is 80.6 Å². The number of anilines is 1. The maximum Gasteiger partial charge on any atom is 0.263 e. The molecule has 3 aromatic carbocycles. The van der Waals surface area contributed by atoms with Gasteiger partial charge in [-0.1, -0.05) is 82.8 Å². The van der Waals surface area contributed by atoms with E-state index < -0.39 is 23.8 Å². The van der Waals surface area contributed by atoms with Crippen LogP contribution < -0.4 is 5.32 Å². The van der Waals surface area contributed by atoms with Gasteiger partial charge in [0.05, 0.1) is 31.2 Å². The van der Waals surface area contributed by atoms with E-state index in [9.17, 15) is 14.4 Å². The van der Waals surface area contributed by atoms with Crippen LogP contribution in [-0.2, 0) is 4.79 Å². The van der Waals surface area contributed by atoms with Crippen molar-refractivity contribution in [2.75, 3.05) is 5.32 Å². The predicted octanol–water partition coefficient (Wildman–Crippen LogP) is 6.08. The number of nitrogens with one attached hydrogen (secondary N) is 1. The molecule has 1 N–H and O–H groups in total. The molecule has 3 aromatic rings. The average molecular weight is 482 g/mol. The Labute approximate surface area is 191 Å². The molecule has 0 aliphatic carbocycles. The lowest BCUT2D eigenvalue weighted by Gasteiger charge is -2.22. The van der Waals surface area contributed by atoms with E-state index in [1.54, 1.807) is 12.1 Å². The zero-order chi connectivity index (χ0) is 21.7. The van der Waals surface area contributed by atoms with Gasteiger partial charge in [0.15, 0.2) is 0 Å². The Morgan fingerprint density at radius 3 is 1.97 bits per heavy atom. The monoisotopic (exact) mass is 480 g/mol. The molecule has 0 saturated carbocycles. The van der Waals surface area contributed by atoms with Crippen molar-refractivity contribution < 1.29 is 14.4 Å². The molecule has 1 atom stereocenters. The summed E-state index contributed by atoms with van der Waals surface area (Å²) in [7, 11) is 0. The molecule has 0 spiro atoms. The number of imide groups is 1. The molecule has 0 saturated heterocycles. The summed E-state index contributed by atoms with van der Waals surface area (Å²) >= 11 is 24.3. The van der Waals surface area contributed by atoms with E-state index in [2.05, 4.69) is 5.32 Å². The van der Waals surface area contributed by atoms with Gasteiger partial charge in [-0.2, -0.15) is 0 Å². The van der Waals surface area contributed by atoms with Crippen molar-refractivity contribution in [1.29, 1.82) is 0 Å². The number of amides is 3. The lowest BCUT2D eigenvalue weighted by molar-refractivity contribution is -0.119. The van der Waals surface area contributed by atoms with E-state index in [0.29, 0.717) is 5.69 Å². The minimum absolute atomic E-state index is 0.127. The summed E-state index contributed by atoms with van der Waals surface area (Å²) in [6, 6.07) is 11.8. The Kier molecular flexibility index (Phi) is 5.41. The molecule has 30 heavy (non-hydrogen) atoms. The van der Waals surface area contributed by atoms with Crippen molar-refractivity contribution in [2.24, 2.45) is 0 Å². The molecule has 5 nitrogen and oxygen atoms in total. The highest BCUT2D eigenvalue weighted by molar-refractivity contribution is 6.55. The smallest absolute Gasteiger partial charge is 0.263 e. The summed E-state index contributed by atoms with van der Waals surface area (Å²) < 4.78 is 0. The van der Waals surface area contributed by atoms with Gasteiger partial charge in [0.1, 0.15) is 6.04 Å². The number of hydrogen-bond acceptors (Lipinski definition) is 3. The third-order valence-electron chi connectivity index (χ3n) is 4.95. The first-order valence-corrected chi connectivity index (χ1v) is 10.3. The topological polar surface area (TPSA) is 66.5 Å². The van der Waals surface area contributed by atoms with E-state index >= 15 is 0 Å². The predicted molar refractivity (Wildman–Crippen MR) is 119 cm³/mol. The number of hydrogen-bond donors (Lipinski definition) is 1. The minimum Gasteiger partial charge on any atom is -0.324 e. The molecule has 0 radical (unpaired) electrons. The minimum atomic E-state index is -1.14. The molecule has 0 fully saturated rings. The summed E-state index contributed by atoms with van der Waals surface area (Å²) in [5.41, 5.74) is 0.237. The van der Waals surface area contributed by atoms with Gasteiger partial charge in [0.2, 0.25) is 5.91 Å². The fourth-order valence-corrected chi connectivity index (χ4v) is 4.42. The standard InChI is InChI=1S/C21H12Cl4N2O3/c1-9(19(28)26-12-8-4-6-10-5-2-3-7-11(10)12)27-20(29)13-14(21(27)30)16(23)18(25)17(24)15(13)22/h2-9H,1H3,(H,26,28). The number of fused-ring (bicyclic) bond motifs is 2. The van der Waals surface area contributed by atoms with Crippen LogP contribution in [0.3, 0.4) is 0 Å². The molecular weight excluding hydrogens is 470 g/mol. The van der Waals surface area contributed by atoms with E-state index in [-0.39, 0.29) is 31.2 Å². The van der Waals surface area contributed by atoms with E-state index in [1.165, 1.54) is 6.92 Å². The molecule has 1 unspecified atom stereocenters. The molecule has 1 aliphatic heterocycles. The van der Waals surface area contributed by atoms with Crippen molar-refractivity contribution in [1.82, 2.24) is 4.90 Å². The molecule has 0 aromatic heterocycles. The molecule has 152 valence electrons. The molecule has 0 bridgehead atoms. The van der Waals surface area contributed by atoms with E-state index in [1.807, 2.05) is 30.3 Å². The first-order chi connectivity index (χ1) is 14.2. The van der Waals surface area contributed by atoms with Crippen molar-refractivity contribution in [3.8, 4) is 0 Å². The maximum absolute atomic E-state index is 12.9. The van der Waals surface area contributed by atoms with Gasteiger partial charge in [0, 0.05) is 11.1 Å². The van der Waals surface area contributed by atoms with Gasteiger partial charge in [-0.25, -0.2) is 0 Å². The third kappa shape index (κ3) is 3.13. The molecule has 9 heteroatoms. The largest absolute Gasteiger partial charge is 0.324 e. The van der Waals surface area contributed by atoms with Gasteiger partial charge in [-0.05, 0) is 18.4 Å². The van der Waals surface area contributed by atoms with Gasteiger partial charge >= 0.3 is 0 Å². The Bertz CT molecular complexity index is 1210. The average Bonchev–Trinajstić information content (AvgIpc) is 3.00. The van der Waals surface area contributed by atoms with Crippen LogP contribution in [0.25, 0.3) is 10.8 Å². The van der Waals surface area contributed by atoms with Gasteiger partial charge in [0.25, 0.3) is 11.8 Å². The fourth-order valence-electron chi connectivity index (χ4n) is 3.41. The van der Waals surface area contributed by atoms with Crippen LogP contribution >= 0.6 is 46.4 Å². The van der Waals surface area contributed by atoms with E-state index in [4.69, 9.17) is 46.4 Å². The summed E-state index contributed by atoms with van der Waals surface area (Å²) in [5.74, 6) is -2.08. The Balaban J connectivity index is 1.68. The summed E-state index contributed by atoms with van der Waals surface area (Å²) in [6.45, 7) is 1.44. The van der Waals surface area contributed by atoms with Crippen molar-refractivity contribution in [3.63, 3.8) is 0 Å². The SMILES string of the molecule is CC(C(=O)Nc1cccc2ccccc12)N1C(=O)c2c(Cl)c(Cl)c(Cl)c(Cl)c2C1=O. The molecule has 1 aliphatic rings. The van der Waals surface area contributed by atoms with Crippen LogP contribution in [-0.4, -0.2) is 28.7 Å². The van der Waals surface area contributed by atoms with Crippen LogP contribution in [0.1, 0.15) is 27.6 Å². The molecular formula is C21H12Cl4N2O3. The van der Waals surface area contributed by atoms with Crippen molar-refractivity contribution in [3.05, 3.63) is 73.7 Å². The fraction of sp³-hybridized carbons (Fsp3) is 0.0952. The van der Waals surface area contributed by atoms with Crippen LogP contribution in [0.15, 0.2) is 42.5 Å². The Morgan fingerprint density at radius 1 is 0.833 bits per heavy atom. The summed E-state index contributed by atoms with van der Waals surface area (Å²) in [5, 5.41) is 3.93. The highest BCUT2D eigenvalue weighted by Crippen LogP contribution is 2.45. The number of carbonyl (C=O) groups excluding carboxylic acids is 3. The Hall–Kier alpha value is -2.31. The lowest BCUT2D eigenvalue weighted by Crippen LogP contribution is -2.45. The summed E-state index contributed by atoms with van der Waals surface area (Å²) in [4.78, 5) is 39.6. The number of halogens is 4. The zero-order valence-corrected chi connectivity index (χ0v) is 18.3. The second-order valence-corrected chi connectivity index (χ2v) is 8.19. The van der Waals surface area contributed by atoms with Gasteiger partial charge in [-0.15, -0.1) is 0 Å². The number of rotatable bonds is 3. The maximum atomic E-state index is 12.9. The number of carbonyl (C=O) groups is 3. The van der Waals surface area contributed by atoms with Crippen LogP contribution in [0, 0.1) is 0 Å². The second-order valence-electron chi connectivity index (χ2n) is 6.68. The lowest BCUT2D eigenvalue weighted by atomic mass is 10.1. The Morgan fingerprint density at radius 2 is 1.37 bits per heavy atom. The zero-order valence-electron chi connectivity index (χ0n) is 15.3. The first kappa shape index (κ1) is 20.9. The third-order valence-corrected chi connectivity index (χ3v) is 6.75. The van der Waals surface area contributed by atoms with Crippen LogP contribution in [0.4, 0.5) is 5.69 Å². The van der Waals surface area contributed by atoms with Crippen LogP contribution in [0.2, 0.25) is 20.1 Å². The number of benzene rings is 3. The quantitative estimate of drug-likeness (QED) is 0.280. The van der Waals surface area contributed by atoms with Gasteiger partial charge in [-0.3, -0.25) is 19.3 Å². The highest BCUT2D eigenvalue weighted by atomic mass is 35.5. The highest BCUT2D eigenvalue weighted by Gasteiger charge is 2.45. The van der Waals surface area contributed by atoms with Crippen LogP contribution in [0.5, 0.6) is 0 Å². The van der Waals surface area contributed by atoms with E-state index in [0.717, 1.165) is 15.7 Å². The molecule has 4 rings (SSSR count). The first-order valence-electron chi connectivity index (χ1n) is 8.76. The molecule has 1 heterocycles. The normalized spacial score (nSPS) is 14.2. The summed E-state index contributed by atoms with van der Waals surface area (Å²) in [6.07, 6.45) is 0. The number of nitrogens with zero attached hydrogens (tertiary/aromatic N) is 1. The van der Waals surface area contributed by atoms with Crippen molar-refractivity contribution in [2.45, 2.75) is 13.0 Å². The second kappa shape index (κ2) is 7.75. The van der Waals surface area contributed by atoms with Gasteiger partial charge < -0.3 is 5.32 Å². The molecule has 3 amide bonds.